The van der Waals surface area contributed by atoms with Gasteiger partial charge in [-0.2, -0.15) is 0 Å². The molecule has 2 rings (SSSR count). The van der Waals surface area contributed by atoms with E-state index in [4.69, 9.17) is 10.5 Å². The Labute approximate surface area is 116 Å². The Bertz CT molecular complexity index is 396. The molecule has 106 valence electrons. The summed E-state index contributed by atoms with van der Waals surface area (Å²) in [7, 11) is 1.74. The highest BCUT2D eigenvalue weighted by atomic mass is 16.5. The molecule has 2 N–H and O–H groups in total. The number of nitrogens with zero attached hydrogens (tertiary/aromatic N) is 1. The number of likely N-dealkylation sites (tertiary alicyclic amines) is 1. The zero-order chi connectivity index (χ0) is 13.7. The van der Waals surface area contributed by atoms with Crippen molar-refractivity contribution in [3.8, 4) is 5.75 Å². The van der Waals surface area contributed by atoms with Crippen molar-refractivity contribution in [1.29, 1.82) is 0 Å². The average molecular weight is 262 g/mol. The van der Waals surface area contributed by atoms with Gasteiger partial charge in [-0.15, -0.1) is 0 Å². The second-order valence-corrected chi connectivity index (χ2v) is 5.55. The average Bonchev–Trinajstić information content (AvgIpc) is 2.67. The van der Waals surface area contributed by atoms with Gasteiger partial charge in [-0.3, -0.25) is 4.90 Å². The maximum atomic E-state index is 5.98. The fraction of sp³-hybridized carbons (Fsp3) is 0.625. The second-order valence-electron chi connectivity index (χ2n) is 5.55. The van der Waals surface area contributed by atoms with Crippen LogP contribution in [0.1, 0.15) is 49.8 Å². The van der Waals surface area contributed by atoms with Crippen LogP contribution in [0.25, 0.3) is 0 Å². The van der Waals surface area contributed by atoms with Gasteiger partial charge >= 0.3 is 0 Å². The molecule has 1 heterocycles. The first-order valence-corrected chi connectivity index (χ1v) is 7.35. The van der Waals surface area contributed by atoms with Gasteiger partial charge in [0, 0.05) is 18.2 Å². The van der Waals surface area contributed by atoms with E-state index in [-0.39, 0.29) is 6.04 Å². The van der Waals surface area contributed by atoms with Crippen molar-refractivity contribution >= 4 is 0 Å². The number of hydrogen-bond donors (Lipinski definition) is 1. The van der Waals surface area contributed by atoms with Crippen molar-refractivity contribution in [2.45, 2.75) is 45.2 Å². The van der Waals surface area contributed by atoms with E-state index < -0.39 is 0 Å². The largest absolute Gasteiger partial charge is 0.496 e. The van der Waals surface area contributed by atoms with Crippen LogP contribution < -0.4 is 10.5 Å². The number of ether oxygens (including phenoxy) is 1. The Morgan fingerprint density at radius 1 is 1.21 bits per heavy atom. The van der Waals surface area contributed by atoms with E-state index in [0.29, 0.717) is 0 Å². The van der Waals surface area contributed by atoms with Gasteiger partial charge in [0.15, 0.2) is 0 Å². The molecule has 1 aromatic carbocycles. The van der Waals surface area contributed by atoms with Gasteiger partial charge in [0.1, 0.15) is 5.75 Å². The lowest BCUT2D eigenvalue weighted by atomic mass is 10.0. The SMILES string of the molecule is COc1ccc(C(C)N)cc1CN1CCCCCC1. The molecule has 1 unspecified atom stereocenters. The Kier molecular flexibility index (Phi) is 5.23. The van der Waals surface area contributed by atoms with E-state index in [1.807, 2.05) is 13.0 Å². The Morgan fingerprint density at radius 3 is 2.47 bits per heavy atom. The van der Waals surface area contributed by atoms with Crippen molar-refractivity contribution in [1.82, 2.24) is 4.90 Å². The highest BCUT2D eigenvalue weighted by molar-refractivity contribution is 5.38. The van der Waals surface area contributed by atoms with Crippen LogP contribution in [0.2, 0.25) is 0 Å². The van der Waals surface area contributed by atoms with Crippen molar-refractivity contribution in [2.75, 3.05) is 20.2 Å². The summed E-state index contributed by atoms with van der Waals surface area (Å²) in [5, 5.41) is 0. The van der Waals surface area contributed by atoms with E-state index in [9.17, 15) is 0 Å². The first kappa shape index (κ1) is 14.4. The summed E-state index contributed by atoms with van der Waals surface area (Å²) < 4.78 is 5.49. The van der Waals surface area contributed by atoms with Gasteiger partial charge in [0.05, 0.1) is 7.11 Å². The smallest absolute Gasteiger partial charge is 0.123 e. The first-order chi connectivity index (χ1) is 9.20. The first-order valence-electron chi connectivity index (χ1n) is 7.35. The fourth-order valence-electron chi connectivity index (χ4n) is 2.74. The predicted octanol–water partition coefficient (Wildman–Crippen LogP) is 3.09. The molecule has 19 heavy (non-hydrogen) atoms. The van der Waals surface area contributed by atoms with Crippen LogP contribution in [0, 0.1) is 0 Å². The van der Waals surface area contributed by atoms with Crippen LogP contribution >= 0.6 is 0 Å². The zero-order valence-corrected chi connectivity index (χ0v) is 12.2. The highest BCUT2D eigenvalue weighted by Gasteiger charge is 2.13. The molecule has 1 saturated heterocycles. The van der Waals surface area contributed by atoms with Gasteiger partial charge in [-0.1, -0.05) is 18.9 Å². The van der Waals surface area contributed by atoms with E-state index >= 15 is 0 Å². The number of methoxy groups -OCH3 is 1. The minimum Gasteiger partial charge on any atom is -0.496 e. The number of benzene rings is 1. The molecule has 1 fully saturated rings. The standard InChI is InChI=1S/C16H26N2O/c1-13(17)14-7-8-16(19-2)15(11-14)12-18-9-5-3-4-6-10-18/h7-8,11,13H,3-6,9-10,12,17H2,1-2H3. The van der Waals surface area contributed by atoms with E-state index in [1.165, 1.54) is 49.9 Å². The van der Waals surface area contributed by atoms with Crippen molar-refractivity contribution in [3.05, 3.63) is 29.3 Å². The van der Waals surface area contributed by atoms with Crippen molar-refractivity contribution < 1.29 is 4.74 Å². The lowest BCUT2D eigenvalue weighted by molar-refractivity contribution is 0.271. The maximum absolute atomic E-state index is 5.98. The molecule has 0 bridgehead atoms. The molecular weight excluding hydrogens is 236 g/mol. The topological polar surface area (TPSA) is 38.5 Å². The molecule has 0 aromatic heterocycles. The summed E-state index contributed by atoms with van der Waals surface area (Å²) >= 11 is 0. The summed E-state index contributed by atoms with van der Waals surface area (Å²) in [5.41, 5.74) is 8.43. The number of nitrogens with two attached hydrogens (primary N) is 1. The minimum atomic E-state index is 0.0776. The molecular formula is C16H26N2O. The third-order valence-electron chi connectivity index (χ3n) is 3.92. The van der Waals surface area contributed by atoms with E-state index in [0.717, 1.165) is 12.3 Å². The molecule has 0 aliphatic carbocycles. The predicted molar refractivity (Wildman–Crippen MR) is 79.3 cm³/mol. The van der Waals surface area contributed by atoms with Crippen LogP contribution in [-0.2, 0) is 6.54 Å². The molecule has 1 aliphatic rings. The van der Waals surface area contributed by atoms with Gasteiger partial charge in [0.2, 0.25) is 0 Å². The summed E-state index contributed by atoms with van der Waals surface area (Å²) in [6.45, 7) is 5.40. The third-order valence-corrected chi connectivity index (χ3v) is 3.92. The van der Waals surface area contributed by atoms with Gasteiger partial charge in [0.25, 0.3) is 0 Å². The van der Waals surface area contributed by atoms with Crippen molar-refractivity contribution in [3.63, 3.8) is 0 Å². The van der Waals surface area contributed by atoms with Gasteiger partial charge < -0.3 is 10.5 Å². The second kappa shape index (κ2) is 6.92. The summed E-state index contributed by atoms with van der Waals surface area (Å²) in [4.78, 5) is 2.54. The van der Waals surface area contributed by atoms with Crippen LogP contribution in [-0.4, -0.2) is 25.1 Å². The fourth-order valence-corrected chi connectivity index (χ4v) is 2.74. The van der Waals surface area contributed by atoms with Gasteiger partial charge in [-0.25, -0.2) is 0 Å². The van der Waals surface area contributed by atoms with E-state index in [1.54, 1.807) is 7.11 Å². The quantitative estimate of drug-likeness (QED) is 0.906. The third kappa shape index (κ3) is 3.95. The van der Waals surface area contributed by atoms with Crippen LogP contribution in [0.4, 0.5) is 0 Å². The summed E-state index contributed by atoms with van der Waals surface area (Å²) in [5.74, 6) is 0.980. The van der Waals surface area contributed by atoms with Gasteiger partial charge in [-0.05, 0) is 50.6 Å². The molecule has 1 atom stereocenters. The molecule has 3 nitrogen and oxygen atoms in total. The molecule has 0 saturated carbocycles. The Balaban J connectivity index is 2.14. The Morgan fingerprint density at radius 2 is 1.89 bits per heavy atom. The highest BCUT2D eigenvalue weighted by Crippen LogP contribution is 2.25. The lowest BCUT2D eigenvalue weighted by Gasteiger charge is -2.22. The molecule has 3 heteroatoms. The molecule has 1 aliphatic heterocycles. The van der Waals surface area contributed by atoms with Crippen LogP contribution in [0.3, 0.4) is 0 Å². The normalized spacial score (nSPS) is 18.9. The molecule has 0 amide bonds. The van der Waals surface area contributed by atoms with Crippen molar-refractivity contribution in [2.24, 2.45) is 5.73 Å². The molecule has 1 aromatic rings. The lowest BCUT2D eigenvalue weighted by Crippen LogP contribution is -2.24. The van der Waals surface area contributed by atoms with Crippen LogP contribution in [0.5, 0.6) is 5.75 Å². The minimum absolute atomic E-state index is 0.0776. The number of rotatable bonds is 4. The summed E-state index contributed by atoms with van der Waals surface area (Å²) in [6, 6.07) is 6.39. The molecule has 0 spiro atoms. The summed E-state index contributed by atoms with van der Waals surface area (Å²) in [6.07, 6.45) is 5.37. The Hall–Kier alpha value is -1.06. The molecule has 0 radical (unpaired) electrons. The van der Waals surface area contributed by atoms with E-state index in [2.05, 4.69) is 17.0 Å². The zero-order valence-electron chi connectivity index (χ0n) is 12.2. The number of hydrogen-bond acceptors (Lipinski definition) is 3. The maximum Gasteiger partial charge on any atom is 0.123 e. The monoisotopic (exact) mass is 262 g/mol. The van der Waals surface area contributed by atoms with Crippen LogP contribution in [0.15, 0.2) is 18.2 Å².